The summed E-state index contributed by atoms with van der Waals surface area (Å²) in [6.07, 6.45) is 1.18. The van der Waals surface area contributed by atoms with Crippen molar-refractivity contribution in [1.82, 2.24) is 4.90 Å². The molecule has 1 heterocycles. The highest BCUT2D eigenvalue weighted by Gasteiger charge is 2.30. The van der Waals surface area contributed by atoms with Crippen LogP contribution < -0.4 is 0 Å². The minimum Gasteiger partial charge on any atom is -0.481 e. The van der Waals surface area contributed by atoms with Crippen LogP contribution in [0.4, 0.5) is 4.79 Å². The van der Waals surface area contributed by atoms with Gasteiger partial charge in [-0.1, -0.05) is 6.92 Å². The topological polar surface area (TPSA) is 66.8 Å². The van der Waals surface area contributed by atoms with Crippen LogP contribution in [0.15, 0.2) is 0 Å². The van der Waals surface area contributed by atoms with Crippen LogP contribution >= 0.6 is 11.8 Å². The predicted octanol–water partition coefficient (Wildman–Crippen LogP) is 2.80. The van der Waals surface area contributed by atoms with Gasteiger partial charge in [-0.15, -0.1) is 11.8 Å². The maximum absolute atomic E-state index is 11.8. The second kappa shape index (κ2) is 6.50. The van der Waals surface area contributed by atoms with Crippen molar-refractivity contribution in [2.75, 3.05) is 12.4 Å². The number of amides is 1. The number of carboxylic acids is 1. The van der Waals surface area contributed by atoms with E-state index >= 15 is 0 Å². The molecule has 1 N–H and O–H groups in total. The maximum Gasteiger partial charge on any atom is 0.411 e. The van der Waals surface area contributed by atoms with Gasteiger partial charge >= 0.3 is 12.1 Å². The van der Waals surface area contributed by atoms with Gasteiger partial charge in [0.1, 0.15) is 5.60 Å². The first-order valence-corrected chi connectivity index (χ1v) is 7.56. The van der Waals surface area contributed by atoms with E-state index in [1.807, 2.05) is 20.8 Å². The lowest BCUT2D eigenvalue weighted by atomic mass is 10.0. The first-order chi connectivity index (χ1) is 8.69. The van der Waals surface area contributed by atoms with E-state index in [1.165, 1.54) is 0 Å². The number of carboxylic acid groups (broad SMARTS) is 1. The van der Waals surface area contributed by atoms with Gasteiger partial charge in [0, 0.05) is 11.8 Å². The molecule has 1 rings (SSSR count). The molecule has 0 aromatic rings. The molecule has 0 bridgehead atoms. The second-order valence-corrected chi connectivity index (χ2v) is 7.20. The Labute approximate surface area is 118 Å². The minimum absolute atomic E-state index is 0.284. The molecule has 1 aliphatic rings. The molecule has 19 heavy (non-hydrogen) atoms. The fourth-order valence-electron chi connectivity index (χ4n) is 1.73. The smallest absolute Gasteiger partial charge is 0.411 e. The van der Waals surface area contributed by atoms with E-state index in [0.717, 1.165) is 6.42 Å². The number of ether oxygens (including phenoxy) is 1. The van der Waals surface area contributed by atoms with Crippen molar-refractivity contribution in [3.63, 3.8) is 0 Å². The Morgan fingerprint density at radius 1 is 1.47 bits per heavy atom. The van der Waals surface area contributed by atoms with Crippen LogP contribution in [0.1, 0.15) is 40.5 Å². The molecule has 0 aromatic heterocycles. The summed E-state index contributed by atoms with van der Waals surface area (Å²) in [6.45, 7) is 7.90. The molecule has 6 heteroatoms. The van der Waals surface area contributed by atoms with E-state index in [9.17, 15) is 9.59 Å². The summed E-state index contributed by atoms with van der Waals surface area (Å²) in [6, 6.07) is 0. The summed E-state index contributed by atoms with van der Waals surface area (Å²) < 4.78 is 5.31. The first kappa shape index (κ1) is 16.1. The summed E-state index contributed by atoms with van der Waals surface area (Å²) in [7, 11) is 0. The van der Waals surface area contributed by atoms with Gasteiger partial charge in [-0.25, -0.2) is 4.79 Å². The number of rotatable bonds is 4. The Morgan fingerprint density at radius 3 is 2.63 bits per heavy atom. The number of hydrogen-bond donors (Lipinski definition) is 1. The van der Waals surface area contributed by atoms with Crippen molar-refractivity contribution in [3.8, 4) is 0 Å². The normalized spacial score (nSPS) is 21.3. The SMILES string of the molecule is C[C@@H](CC[C@H]1CN(C(=O)OC(C)(C)C)CS1)C(=O)O. The lowest BCUT2D eigenvalue weighted by Crippen LogP contribution is -2.35. The van der Waals surface area contributed by atoms with Crippen molar-refractivity contribution in [3.05, 3.63) is 0 Å². The fourth-order valence-corrected chi connectivity index (χ4v) is 2.92. The van der Waals surface area contributed by atoms with Crippen LogP contribution in [0, 0.1) is 5.92 Å². The van der Waals surface area contributed by atoms with Gasteiger partial charge in [0.2, 0.25) is 0 Å². The molecule has 2 atom stereocenters. The van der Waals surface area contributed by atoms with E-state index in [2.05, 4.69) is 0 Å². The third-order valence-corrected chi connectivity index (χ3v) is 4.20. The first-order valence-electron chi connectivity index (χ1n) is 6.51. The van der Waals surface area contributed by atoms with Crippen LogP contribution in [0.3, 0.4) is 0 Å². The average molecular weight is 289 g/mol. The van der Waals surface area contributed by atoms with Crippen LogP contribution in [0.5, 0.6) is 0 Å². The fraction of sp³-hybridized carbons (Fsp3) is 0.846. The van der Waals surface area contributed by atoms with Crippen LogP contribution in [0.25, 0.3) is 0 Å². The Hall–Kier alpha value is -0.910. The molecule has 0 spiro atoms. The summed E-state index contributed by atoms with van der Waals surface area (Å²) in [5.74, 6) is -0.454. The summed E-state index contributed by atoms with van der Waals surface area (Å²) >= 11 is 1.69. The molecule has 1 amide bonds. The zero-order chi connectivity index (χ0) is 14.6. The Bertz CT molecular complexity index is 340. The van der Waals surface area contributed by atoms with Crippen molar-refractivity contribution in [2.45, 2.75) is 51.4 Å². The Balaban J connectivity index is 2.33. The maximum atomic E-state index is 11.8. The van der Waals surface area contributed by atoms with E-state index in [0.29, 0.717) is 24.1 Å². The number of thioether (sulfide) groups is 1. The van der Waals surface area contributed by atoms with E-state index in [1.54, 1.807) is 23.6 Å². The third-order valence-electron chi connectivity index (χ3n) is 2.89. The molecule has 0 saturated carbocycles. The second-order valence-electron chi connectivity index (χ2n) is 5.94. The molecule has 1 fully saturated rings. The molecule has 5 nitrogen and oxygen atoms in total. The van der Waals surface area contributed by atoms with Crippen molar-refractivity contribution < 1.29 is 19.4 Å². The molecule has 0 aliphatic carbocycles. The quantitative estimate of drug-likeness (QED) is 0.862. The molecular formula is C13H23NO4S. The highest BCUT2D eigenvalue weighted by atomic mass is 32.2. The number of carbonyl (C=O) groups is 2. The van der Waals surface area contributed by atoms with Crippen LogP contribution in [0.2, 0.25) is 0 Å². The standard InChI is InChI=1S/C13H23NO4S/c1-9(11(15)16)5-6-10-7-14(8-19-10)12(17)18-13(2,3)4/h9-10H,5-8H2,1-4H3,(H,15,16)/t9-,10-/m0/s1. The largest absolute Gasteiger partial charge is 0.481 e. The summed E-state index contributed by atoms with van der Waals surface area (Å²) in [4.78, 5) is 24.3. The summed E-state index contributed by atoms with van der Waals surface area (Å²) in [5.41, 5.74) is -0.475. The molecule has 1 aliphatic heterocycles. The van der Waals surface area contributed by atoms with Crippen LogP contribution in [-0.4, -0.2) is 45.3 Å². The average Bonchev–Trinajstić information content (AvgIpc) is 2.71. The highest BCUT2D eigenvalue weighted by Crippen LogP contribution is 2.28. The lowest BCUT2D eigenvalue weighted by Gasteiger charge is -2.24. The van der Waals surface area contributed by atoms with Gasteiger partial charge in [0.05, 0.1) is 11.8 Å². The van der Waals surface area contributed by atoms with Gasteiger partial charge < -0.3 is 9.84 Å². The summed E-state index contributed by atoms with van der Waals surface area (Å²) in [5, 5.41) is 9.15. The molecular weight excluding hydrogens is 266 g/mol. The molecule has 1 saturated heterocycles. The zero-order valence-electron chi connectivity index (χ0n) is 12.0. The molecule has 110 valence electrons. The van der Waals surface area contributed by atoms with E-state index in [-0.39, 0.29) is 12.0 Å². The minimum atomic E-state index is -0.757. The molecule has 0 aromatic carbocycles. The van der Waals surface area contributed by atoms with Crippen molar-refractivity contribution >= 4 is 23.8 Å². The van der Waals surface area contributed by atoms with Gasteiger partial charge in [-0.3, -0.25) is 9.69 Å². The van der Waals surface area contributed by atoms with Gasteiger partial charge in [0.25, 0.3) is 0 Å². The van der Waals surface area contributed by atoms with Gasteiger partial charge in [0.15, 0.2) is 0 Å². The number of nitrogens with zero attached hydrogens (tertiary/aromatic N) is 1. The van der Waals surface area contributed by atoms with Crippen molar-refractivity contribution in [1.29, 1.82) is 0 Å². The number of carbonyl (C=O) groups excluding carboxylic acids is 1. The molecule has 0 radical (unpaired) electrons. The van der Waals surface area contributed by atoms with Crippen molar-refractivity contribution in [2.24, 2.45) is 5.92 Å². The lowest BCUT2D eigenvalue weighted by molar-refractivity contribution is -0.141. The van der Waals surface area contributed by atoms with Crippen LogP contribution in [-0.2, 0) is 9.53 Å². The Kier molecular flexibility index (Phi) is 5.52. The van der Waals surface area contributed by atoms with Gasteiger partial charge in [-0.05, 0) is 33.6 Å². The Morgan fingerprint density at radius 2 is 2.11 bits per heavy atom. The number of aliphatic carboxylic acids is 1. The van der Waals surface area contributed by atoms with E-state index in [4.69, 9.17) is 9.84 Å². The monoisotopic (exact) mass is 289 g/mol. The van der Waals surface area contributed by atoms with E-state index < -0.39 is 11.6 Å². The zero-order valence-corrected chi connectivity index (χ0v) is 12.8. The number of hydrogen-bond acceptors (Lipinski definition) is 4. The van der Waals surface area contributed by atoms with Gasteiger partial charge in [-0.2, -0.15) is 0 Å². The molecule has 0 unspecified atom stereocenters. The predicted molar refractivity (Wildman–Crippen MR) is 75.2 cm³/mol. The third kappa shape index (κ3) is 5.72. The highest BCUT2D eigenvalue weighted by molar-refractivity contribution is 8.00.